The Morgan fingerprint density at radius 1 is 1.07 bits per heavy atom. The Bertz CT molecular complexity index is 940. The van der Waals surface area contributed by atoms with E-state index in [1.807, 2.05) is 18.2 Å². The highest BCUT2D eigenvalue weighted by atomic mass is 32.1. The van der Waals surface area contributed by atoms with Gasteiger partial charge in [-0.2, -0.15) is 0 Å². The van der Waals surface area contributed by atoms with Crippen molar-refractivity contribution >= 4 is 28.3 Å². The molecule has 0 aliphatic rings. The number of anilines is 1. The molecule has 1 unspecified atom stereocenters. The summed E-state index contributed by atoms with van der Waals surface area (Å²) in [5.41, 5.74) is 1.84. The minimum Gasteiger partial charge on any atom is -0.465 e. The van der Waals surface area contributed by atoms with Crippen molar-refractivity contribution in [3.63, 3.8) is 0 Å². The molecule has 1 aromatic heterocycles. The summed E-state index contributed by atoms with van der Waals surface area (Å²) in [5.74, 6) is -0.704. The molecule has 3 rings (SSSR count). The van der Waals surface area contributed by atoms with Crippen LogP contribution in [0.2, 0.25) is 0 Å². The molecule has 0 fully saturated rings. The number of hydrogen-bond acceptors (Lipinski definition) is 6. The van der Waals surface area contributed by atoms with E-state index in [4.69, 9.17) is 0 Å². The zero-order valence-corrected chi connectivity index (χ0v) is 15.8. The molecular formula is C20H19N3O3S. The van der Waals surface area contributed by atoms with Gasteiger partial charge in [-0.25, -0.2) is 4.79 Å². The fraction of sp³-hybridized carbons (Fsp3) is 0.200. The number of hydrogen-bond donors (Lipinski definition) is 1. The van der Waals surface area contributed by atoms with Crippen LogP contribution >= 0.6 is 11.3 Å². The van der Waals surface area contributed by atoms with Gasteiger partial charge in [-0.15, -0.1) is 10.2 Å². The van der Waals surface area contributed by atoms with Gasteiger partial charge >= 0.3 is 5.97 Å². The van der Waals surface area contributed by atoms with Crippen LogP contribution in [0.4, 0.5) is 5.13 Å². The van der Waals surface area contributed by atoms with Crippen molar-refractivity contribution in [3.8, 4) is 0 Å². The van der Waals surface area contributed by atoms with Gasteiger partial charge in [0.05, 0.1) is 12.7 Å². The molecule has 0 aliphatic heterocycles. The number of carbonyl (C=O) groups excluding carboxylic acids is 2. The number of aromatic nitrogens is 2. The van der Waals surface area contributed by atoms with Crippen LogP contribution in [0.3, 0.4) is 0 Å². The monoisotopic (exact) mass is 381 g/mol. The van der Waals surface area contributed by atoms with E-state index in [-0.39, 0.29) is 11.8 Å². The summed E-state index contributed by atoms with van der Waals surface area (Å²) >= 11 is 1.35. The smallest absolute Gasteiger partial charge is 0.337 e. The molecule has 0 saturated carbocycles. The molecule has 0 aliphatic carbocycles. The van der Waals surface area contributed by atoms with Gasteiger partial charge in [0.2, 0.25) is 5.13 Å². The van der Waals surface area contributed by atoms with Crippen LogP contribution in [0.1, 0.15) is 50.5 Å². The average Bonchev–Trinajstić information content (AvgIpc) is 3.17. The lowest BCUT2D eigenvalue weighted by molar-refractivity contribution is 0.0600. The van der Waals surface area contributed by atoms with Crippen molar-refractivity contribution in [2.24, 2.45) is 0 Å². The number of nitrogens with zero attached hydrogens (tertiary/aromatic N) is 2. The van der Waals surface area contributed by atoms with Crippen molar-refractivity contribution in [3.05, 3.63) is 76.3 Å². The number of amides is 1. The number of benzene rings is 2. The molecular weight excluding hydrogens is 362 g/mol. The highest BCUT2D eigenvalue weighted by Gasteiger charge is 2.18. The average molecular weight is 381 g/mol. The normalized spacial score (nSPS) is 11.6. The second kappa shape index (κ2) is 8.55. The lowest BCUT2D eigenvalue weighted by Gasteiger charge is -2.11. The Morgan fingerprint density at radius 2 is 1.81 bits per heavy atom. The molecule has 1 atom stereocenters. The molecule has 1 amide bonds. The van der Waals surface area contributed by atoms with Crippen LogP contribution in [0.25, 0.3) is 0 Å². The SMILES string of the molecule is CCC(c1ccccc1)c1nnc(NC(=O)c2cccc(C(=O)OC)c2)s1. The van der Waals surface area contributed by atoms with E-state index in [9.17, 15) is 9.59 Å². The first kappa shape index (κ1) is 18.7. The summed E-state index contributed by atoms with van der Waals surface area (Å²) in [6.45, 7) is 2.09. The third-order valence-electron chi connectivity index (χ3n) is 4.12. The third kappa shape index (κ3) is 4.38. The standard InChI is InChI=1S/C20H19N3O3S/c1-3-16(13-8-5-4-6-9-13)18-22-23-20(27-18)21-17(24)14-10-7-11-15(12-14)19(25)26-2/h4-12,16H,3H2,1-2H3,(H,21,23,24). The van der Waals surface area contributed by atoms with E-state index in [1.54, 1.807) is 18.2 Å². The van der Waals surface area contributed by atoms with Gasteiger partial charge in [-0.1, -0.05) is 54.7 Å². The molecule has 0 bridgehead atoms. The Hall–Kier alpha value is -3.06. The van der Waals surface area contributed by atoms with E-state index >= 15 is 0 Å². The molecule has 27 heavy (non-hydrogen) atoms. The molecule has 0 spiro atoms. The summed E-state index contributed by atoms with van der Waals surface area (Å²) in [6.07, 6.45) is 0.883. The van der Waals surface area contributed by atoms with Crippen molar-refractivity contribution < 1.29 is 14.3 Å². The first-order chi connectivity index (χ1) is 13.1. The highest BCUT2D eigenvalue weighted by Crippen LogP contribution is 2.31. The predicted octanol–water partition coefficient (Wildman–Crippen LogP) is 4.12. The number of esters is 1. The zero-order chi connectivity index (χ0) is 19.2. The van der Waals surface area contributed by atoms with E-state index in [1.165, 1.54) is 30.1 Å². The minimum absolute atomic E-state index is 0.136. The first-order valence-electron chi connectivity index (χ1n) is 8.50. The molecule has 138 valence electrons. The molecule has 0 saturated heterocycles. The predicted molar refractivity (Wildman–Crippen MR) is 104 cm³/mol. The van der Waals surface area contributed by atoms with E-state index in [2.05, 4.69) is 39.3 Å². The van der Waals surface area contributed by atoms with E-state index in [0.29, 0.717) is 16.3 Å². The summed E-state index contributed by atoms with van der Waals surface area (Å²) in [5, 5.41) is 12.4. The van der Waals surface area contributed by atoms with Gasteiger partial charge in [0.15, 0.2) is 0 Å². The molecule has 1 N–H and O–H groups in total. The van der Waals surface area contributed by atoms with E-state index < -0.39 is 5.97 Å². The van der Waals surface area contributed by atoms with Crippen LogP contribution in [-0.4, -0.2) is 29.2 Å². The summed E-state index contributed by atoms with van der Waals surface area (Å²) in [7, 11) is 1.30. The van der Waals surface area contributed by atoms with Crippen LogP contribution in [-0.2, 0) is 4.74 Å². The quantitative estimate of drug-likeness (QED) is 0.650. The van der Waals surface area contributed by atoms with Crippen LogP contribution in [0.5, 0.6) is 0 Å². The Labute approximate surface area is 161 Å². The highest BCUT2D eigenvalue weighted by molar-refractivity contribution is 7.15. The minimum atomic E-state index is -0.489. The van der Waals surface area contributed by atoms with Gasteiger partial charge in [-0.05, 0) is 30.2 Å². The maximum absolute atomic E-state index is 12.5. The Morgan fingerprint density at radius 3 is 2.52 bits per heavy atom. The van der Waals surface area contributed by atoms with Crippen LogP contribution in [0, 0.1) is 0 Å². The molecule has 2 aromatic carbocycles. The van der Waals surface area contributed by atoms with Gasteiger partial charge in [0.25, 0.3) is 5.91 Å². The van der Waals surface area contributed by atoms with Gasteiger partial charge in [0, 0.05) is 11.5 Å². The lowest BCUT2D eigenvalue weighted by Crippen LogP contribution is -2.13. The van der Waals surface area contributed by atoms with Crippen molar-refractivity contribution in [2.45, 2.75) is 19.3 Å². The number of nitrogens with one attached hydrogen (secondary N) is 1. The van der Waals surface area contributed by atoms with E-state index in [0.717, 1.165) is 11.4 Å². The van der Waals surface area contributed by atoms with Gasteiger partial charge in [-0.3, -0.25) is 10.1 Å². The largest absolute Gasteiger partial charge is 0.465 e. The maximum Gasteiger partial charge on any atom is 0.337 e. The maximum atomic E-state index is 12.5. The summed E-state index contributed by atoms with van der Waals surface area (Å²) in [4.78, 5) is 24.1. The third-order valence-corrected chi connectivity index (χ3v) is 5.07. The lowest BCUT2D eigenvalue weighted by atomic mass is 9.97. The van der Waals surface area contributed by atoms with Gasteiger partial charge in [0.1, 0.15) is 5.01 Å². The zero-order valence-electron chi connectivity index (χ0n) is 15.0. The molecule has 7 heteroatoms. The van der Waals surface area contributed by atoms with Crippen molar-refractivity contribution in [1.29, 1.82) is 0 Å². The van der Waals surface area contributed by atoms with Crippen LogP contribution < -0.4 is 5.32 Å². The second-order valence-electron chi connectivity index (χ2n) is 5.84. The second-order valence-corrected chi connectivity index (χ2v) is 6.85. The fourth-order valence-corrected chi connectivity index (χ4v) is 3.69. The van der Waals surface area contributed by atoms with Crippen molar-refractivity contribution in [2.75, 3.05) is 12.4 Å². The molecule has 6 nitrogen and oxygen atoms in total. The topological polar surface area (TPSA) is 81.2 Å². The molecule has 3 aromatic rings. The first-order valence-corrected chi connectivity index (χ1v) is 9.32. The fourth-order valence-electron chi connectivity index (χ4n) is 2.74. The number of rotatable bonds is 6. The summed E-state index contributed by atoms with van der Waals surface area (Å²) < 4.78 is 4.68. The Kier molecular flexibility index (Phi) is 5.93. The number of ether oxygens (including phenoxy) is 1. The number of methoxy groups -OCH3 is 1. The number of carbonyl (C=O) groups is 2. The molecule has 0 radical (unpaired) electrons. The summed E-state index contributed by atoms with van der Waals surface area (Å²) in [6, 6.07) is 16.4. The Balaban J connectivity index is 1.76. The van der Waals surface area contributed by atoms with Crippen LogP contribution in [0.15, 0.2) is 54.6 Å². The molecule has 1 heterocycles. The van der Waals surface area contributed by atoms with Gasteiger partial charge < -0.3 is 4.74 Å². The van der Waals surface area contributed by atoms with Crippen molar-refractivity contribution in [1.82, 2.24) is 10.2 Å².